The number of halogens is 3. The Morgan fingerprint density at radius 1 is 0.926 bits per heavy atom. The number of nitrogens with one attached hydrogen (secondary N) is 2. The number of rotatable bonds is 6. The molecule has 9 heteroatoms. The number of ether oxygens (including phenoxy) is 2. The van der Waals surface area contributed by atoms with Crippen molar-refractivity contribution in [2.75, 3.05) is 26.1 Å². The van der Waals surface area contributed by atoms with Gasteiger partial charge in [0.25, 0.3) is 11.8 Å². The summed E-state index contributed by atoms with van der Waals surface area (Å²) in [5.74, 6) is -0.564. The van der Waals surface area contributed by atoms with Crippen LogP contribution in [0, 0.1) is 0 Å². The minimum absolute atomic E-state index is 0.0136. The van der Waals surface area contributed by atoms with Gasteiger partial charge in [-0.05, 0) is 30.3 Å². The third-order valence-electron chi connectivity index (χ3n) is 3.45. The second-order valence-corrected chi connectivity index (χ2v) is 5.43. The Morgan fingerprint density at radius 2 is 1.56 bits per heavy atom. The van der Waals surface area contributed by atoms with Gasteiger partial charge >= 0.3 is 6.18 Å². The summed E-state index contributed by atoms with van der Waals surface area (Å²) in [6, 6.07) is 10.2. The number of carbonyl (C=O) groups excluding carboxylic acids is 2. The number of hydrogen-bond acceptors (Lipinski definition) is 4. The molecule has 2 amide bonds. The van der Waals surface area contributed by atoms with E-state index < -0.39 is 24.5 Å². The van der Waals surface area contributed by atoms with Gasteiger partial charge in [0.15, 0.2) is 0 Å². The molecule has 0 radical (unpaired) electrons. The largest absolute Gasteiger partial charge is 0.497 e. The molecule has 0 saturated carbocycles. The van der Waals surface area contributed by atoms with Crippen molar-refractivity contribution in [3.63, 3.8) is 0 Å². The molecule has 0 aliphatic rings. The van der Waals surface area contributed by atoms with Crippen LogP contribution in [-0.4, -0.2) is 38.8 Å². The highest BCUT2D eigenvalue weighted by molar-refractivity contribution is 6.05. The molecule has 0 atom stereocenters. The fraction of sp³-hybridized carbons (Fsp3) is 0.222. The molecule has 27 heavy (non-hydrogen) atoms. The molecule has 0 unspecified atom stereocenters. The van der Waals surface area contributed by atoms with Crippen LogP contribution < -0.4 is 20.1 Å². The first kappa shape index (κ1) is 20.1. The molecule has 0 aromatic heterocycles. The van der Waals surface area contributed by atoms with Crippen LogP contribution in [0.5, 0.6) is 11.5 Å². The maximum atomic E-state index is 12.4. The van der Waals surface area contributed by atoms with Gasteiger partial charge in [0.05, 0.1) is 14.2 Å². The molecule has 0 aliphatic carbocycles. The Kier molecular flexibility index (Phi) is 6.27. The zero-order valence-electron chi connectivity index (χ0n) is 14.5. The molecular formula is C18H17F3N2O4. The third kappa shape index (κ3) is 5.91. The van der Waals surface area contributed by atoms with Gasteiger partial charge in [0.2, 0.25) is 0 Å². The Balaban J connectivity index is 2.14. The minimum atomic E-state index is -4.51. The smallest absolute Gasteiger partial charge is 0.405 e. The number of amides is 2. The molecule has 2 aromatic carbocycles. The van der Waals surface area contributed by atoms with Crippen molar-refractivity contribution in [2.45, 2.75) is 6.18 Å². The minimum Gasteiger partial charge on any atom is -0.497 e. The number of anilines is 1. The fourth-order valence-electron chi connectivity index (χ4n) is 2.16. The standard InChI is InChI=1S/C18H17F3N2O4/c1-26-14-7-12(8-15(9-14)27-2)17(25)23-13-5-3-4-11(6-13)16(24)22-10-18(19,20)21/h3-9H,10H2,1-2H3,(H,22,24)(H,23,25). The summed E-state index contributed by atoms with van der Waals surface area (Å²) in [6.45, 7) is -1.44. The lowest BCUT2D eigenvalue weighted by Crippen LogP contribution is -2.33. The molecule has 0 aliphatic heterocycles. The lowest BCUT2D eigenvalue weighted by Gasteiger charge is -2.11. The van der Waals surface area contributed by atoms with Crippen LogP contribution in [0.2, 0.25) is 0 Å². The van der Waals surface area contributed by atoms with Gasteiger partial charge < -0.3 is 20.1 Å². The topological polar surface area (TPSA) is 76.7 Å². The average molecular weight is 382 g/mol. The average Bonchev–Trinajstić information content (AvgIpc) is 2.65. The van der Waals surface area contributed by atoms with Gasteiger partial charge in [-0.25, -0.2) is 0 Å². The fourth-order valence-corrected chi connectivity index (χ4v) is 2.16. The van der Waals surface area contributed by atoms with Crippen molar-refractivity contribution in [2.24, 2.45) is 0 Å². The Hall–Kier alpha value is -3.23. The van der Waals surface area contributed by atoms with Crippen LogP contribution in [0.1, 0.15) is 20.7 Å². The van der Waals surface area contributed by atoms with Crippen LogP contribution >= 0.6 is 0 Å². The monoisotopic (exact) mass is 382 g/mol. The second-order valence-electron chi connectivity index (χ2n) is 5.43. The normalized spacial score (nSPS) is 10.9. The maximum Gasteiger partial charge on any atom is 0.405 e. The Bertz CT molecular complexity index is 815. The maximum absolute atomic E-state index is 12.4. The molecule has 0 saturated heterocycles. The van der Waals surface area contributed by atoms with Gasteiger partial charge in [0.1, 0.15) is 18.0 Å². The van der Waals surface area contributed by atoms with E-state index in [1.807, 2.05) is 0 Å². The summed E-state index contributed by atoms with van der Waals surface area (Å²) < 4.78 is 46.8. The summed E-state index contributed by atoms with van der Waals surface area (Å²) in [5, 5.41) is 4.35. The van der Waals surface area contributed by atoms with E-state index in [1.54, 1.807) is 11.4 Å². The first-order chi connectivity index (χ1) is 12.7. The van der Waals surface area contributed by atoms with Gasteiger partial charge in [-0.15, -0.1) is 0 Å². The molecular weight excluding hydrogens is 365 g/mol. The molecule has 0 bridgehead atoms. The SMILES string of the molecule is COc1cc(OC)cc(C(=O)Nc2cccc(C(=O)NCC(F)(F)F)c2)c1. The van der Waals surface area contributed by atoms with Crippen LogP contribution in [0.4, 0.5) is 18.9 Å². The van der Waals surface area contributed by atoms with E-state index in [-0.39, 0.29) is 16.8 Å². The molecule has 0 spiro atoms. The van der Waals surface area contributed by atoms with E-state index in [1.165, 1.54) is 50.6 Å². The van der Waals surface area contributed by atoms with E-state index in [4.69, 9.17) is 9.47 Å². The van der Waals surface area contributed by atoms with Crippen molar-refractivity contribution in [3.8, 4) is 11.5 Å². The summed E-state index contributed by atoms with van der Waals surface area (Å²) >= 11 is 0. The first-order valence-electron chi connectivity index (χ1n) is 7.71. The number of carbonyl (C=O) groups is 2. The highest BCUT2D eigenvalue weighted by atomic mass is 19.4. The van der Waals surface area contributed by atoms with E-state index >= 15 is 0 Å². The first-order valence-corrected chi connectivity index (χ1v) is 7.71. The predicted octanol–water partition coefficient (Wildman–Crippen LogP) is 3.25. The molecule has 0 heterocycles. The summed E-state index contributed by atoms with van der Waals surface area (Å²) in [6.07, 6.45) is -4.51. The van der Waals surface area contributed by atoms with Crippen molar-refractivity contribution >= 4 is 17.5 Å². The molecule has 2 N–H and O–H groups in total. The lowest BCUT2D eigenvalue weighted by molar-refractivity contribution is -0.123. The third-order valence-corrected chi connectivity index (χ3v) is 3.45. The van der Waals surface area contributed by atoms with Crippen molar-refractivity contribution < 1.29 is 32.2 Å². The zero-order valence-corrected chi connectivity index (χ0v) is 14.5. The Labute approximate surface area is 153 Å². The van der Waals surface area contributed by atoms with Crippen molar-refractivity contribution in [3.05, 3.63) is 53.6 Å². The quantitative estimate of drug-likeness (QED) is 0.804. The van der Waals surface area contributed by atoms with Gasteiger partial charge in [0, 0.05) is 22.9 Å². The van der Waals surface area contributed by atoms with Crippen LogP contribution in [-0.2, 0) is 0 Å². The zero-order chi connectivity index (χ0) is 20.0. The predicted molar refractivity (Wildman–Crippen MR) is 92.3 cm³/mol. The van der Waals surface area contributed by atoms with E-state index in [2.05, 4.69) is 5.32 Å². The van der Waals surface area contributed by atoms with Crippen LogP contribution in [0.15, 0.2) is 42.5 Å². The van der Waals surface area contributed by atoms with Gasteiger partial charge in [-0.3, -0.25) is 9.59 Å². The molecule has 144 valence electrons. The summed E-state index contributed by atoms with van der Waals surface area (Å²) in [5.41, 5.74) is 0.486. The number of methoxy groups -OCH3 is 2. The highest BCUT2D eigenvalue weighted by Crippen LogP contribution is 2.23. The molecule has 2 rings (SSSR count). The van der Waals surface area contributed by atoms with E-state index in [9.17, 15) is 22.8 Å². The van der Waals surface area contributed by atoms with E-state index in [0.717, 1.165) is 0 Å². The summed E-state index contributed by atoms with van der Waals surface area (Å²) in [4.78, 5) is 24.2. The Morgan fingerprint density at radius 3 is 2.11 bits per heavy atom. The number of hydrogen-bond donors (Lipinski definition) is 2. The molecule has 2 aromatic rings. The van der Waals surface area contributed by atoms with Crippen molar-refractivity contribution in [1.29, 1.82) is 0 Å². The van der Waals surface area contributed by atoms with Crippen LogP contribution in [0.3, 0.4) is 0 Å². The number of benzene rings is 2. The number of alkyl halides is 3. The molecule has 0 fully saturated rings. The summed E-state index contributed by atoms with van der Waals surface area (Å²) in [7, 11) is 2.89. The van der Waals surface area contributed by atoms with Crippen LogP contribution in [0.25, 0.3) is 0 Å². The lowest BCUT2D eigenvalue weighted by atomic mass is 10.1. The van der Waals surface area contributed by atoms with E-state index in [0.29, 0.717) is 11.5 Å². The van der Waals surface area contributed by atoms with Gasteiger partial charge in [-0.2, -0.15) is 13.2 Å². The molecule has 6 nitrogen and oxygen atoms in total. The second kappa shape index (κ2) is 8.43. The van der Waals surface area contributed by atoms with Gasteiger partial charge in [-0.1, -0.05) is 6.07 Å². The van der Waals surface area contributed by atoms with Crippen molar-refractivity contribution in [1.82, 2.24) is 5.32 Å². The highest BCUT2D eigenvalue weighted by Gasteiger charge is 2.27.